The van der Waals surface area contributed by atoms with E-state index in [-0.39, 0.29) is 6.42 Å². The quantitative estimate of drug-likeness (QED) is 0.226. The number of carbonyl (C=O) groups is 1. The molecule has 0 bridgehead atoms. The van der Waals surface area contributed by atoms with Gasteiger partial charge >= 0.3 is 0 Å². The molecule has 0 aliphatic heterocycles. The Bertz CT molecular complexity index is 579. The van der Waals surface area contributed by atoms with Crippen molar-refractivity contribution in [3.63, 3.8) is 0 Å². The average molecular weight is 380 g/mol. The lowest BCUT2D eigenvalue weighted by Gasteiger charge is -2.02. The van der Waals surface area contributed by atoms with Crippen LogP contribution in [0, 0.1) is 0 Å². The van der Waals surface area contributed by atoms with Crippen molar-refractivity contribution in [1.29, 1.82) is 0 Å². The summed E-state index contributed by atoms with van der Waals surface area (Å²) >= 11 is 0. The maximum atomic E-state index is 11.6. The van der Waals surface area contributed by atoms with Gasteiger partial charge in [-0.3, -0.25) is 4.79 Å². The van der Waals surface area contributed by atoms with Gasteiger partial charge in [0.25, 0.3) is 0 Å². The van der Waals surface area contributed by atoms with Crippen molar-refractivity contribution in [2.45, 2.75) is 84.0 Å². The highest BCUT2D eigenvalue weighted by Gasteiger charge is 1.98. The summed E-state index contributed by atoms with van der Waals surface area (Å²) < 4.78 is 28.5. The van der Waals surface area contributed by atoms with Crippen LogP contribution >= 0.6 is 0 Å². The number of amides is 1. The average Bonchev–Trinajstić information content (AvgIpc) is 2.68. The fourth-order valence-corrected chi connectivity index (χ4v) is 2.45. The van der Waals surface area contributed by atoms with Gasteiger partial charge in [-0.25, -0.2) is 0 Å². The monoisotopic (exact) mass is 379 g/mol. The molecule has 0 saturated carbocycles. The number of hydrogen-bond donors (Lipinski definition) is 2. The van der Waals surface area contributed by atoms with Gasteiger partial charge in [-0.2, -0.15) is 0 Å². The first kappa shape index (κ1) is 18.7. The van der Waals surface area contributed by atoms with Gasteiger partial charge in [-0.15, -0.1) is 0 Å². The topological polar surface area (TPSA) is 49.3 Å². The fraction of sp³-hybridized carbons (Fsp3) is 0.625. The Morgan fingerprint density at radius 3 is 1.85 bits per heavy atom. The molecule has 2 N–H and O–H groups in total. The van der Waals surface area contributed by atoms with E-state index in [0.29, 0.717) is 6.42 Å². The molecule has 0 unspecified atom stereocenters. The summed E-state index contributed by atoms with van der Waals surface area (Å²) in [4.78, 5) is 11.6. The second-order valence-electron chi connectivity index (χ2n) is 6.47. The molecule has 0 rings (SSSR count). The van der Waals surface area contributed by atoms with Gasteiger partial charge in [-0.1, -0.05) is 74.8 Å². The summed E-state index contributed by atoms with van der Waals surface area (Å²) in [5, 5.41) is 10.9. The van der Waals surface area contributed by atoms with Crippen LogP contribution in [0.3, 0.4) is 0 Å². The number of allylic oxidation sites excluding steroid dienone is 8. The van der Waals surface area contributed by atoms with E-state index in [0.717, 1.165) is 38.5 Å². The first-order chi connectivity index (χ1) is 14.7. The van der Waals surface area contributed by atoms with Gasteiger partial charge in [0.15, 0.2) is 0 Å². The third kappa shape index (κ3) is 22.3. The molecule has 3 heteroatoms. The Morgan fingerprint density at radius 2 is 1.33 bits per heavy atom. The molecule has 0 aromatic carbocycles. The zero-order valence-electron chi connectivity index (χ0n) is 21.0. The zero-order valence-corrected chi connectivity index (χ0v) is 17.0. The molecule has 0 heterocycles. The maximum absolute atomic E-state index is 11.6. The van der Waals surface area contributed by atoms with Gasteiger partial charge in [0.05, 0.1) is 12.0 Å². The molecule has 0 aliphatic carbocycles. The predicted octanol–water partition coefficient (Wildman–Crippen LogP) is 6.02. The van der Waals surface area contributed by atoms with Gasteiger partial charge in [0, 0.05) is 12.9 Å². The second-order valence-corrected chi connectivity index (χ2v) is 6.47. The minimum Gasteiger partial charge on any atom is -0.395 e. The van der Waals surface area contributed by atoms with E-state index in [2.05, 4.69) is 55.5 Å². The van der Waals surface area contributed by atoms with Gasteiger partial charge < -0.3 is 10.4 Å². The fourth-order valence-electron chi connectivity index (χ4n) is 2.45. The highest BCUT2D eigenvalue weighted by Crippen LogP contribution is 2.04. The normalized spacial score (nSPS) is 15.5. The van der Waals surface area contributed by atoms with Crippen molar-refractivity contribution in [1.82, 2.24) is 5.32 Å². The van der Waals surface area contributed by atoms with E-state index in [1.54, 1.807) is 0 Å². The van der Waals surface area contributed by atoms with Crippen LogP contribution in [0.2, 0.25) is 0 Å². The van der Waals surface area contributed by atoms with Gasteiger partial charge in [-0.05, 0) is 51.4 Å². The van der Waals surface area contributed by atoms with E-state index in [1.165, 1.54) is 25.7 Å². The Labute approximate surface area is 173 Å². The first-order valence-electron chi connectivity index (χ1n) is 12.3. The van der Waals surface area contributed by atoms with Gasteiger partial charge in [0.1, 0.15) is 0 Å². The lowest BCUT2D eigenvalue weighted by molar-refractivity contribution is -0.121. The lowest BCUT2D eigenvalue weighted by atomic mass is 10.1. The Morgan fingerprint density at radius 1 is 0.815 bits per heavy atom. The molecule has 0 aromatic heterocycles. The lowest BCUT2D eigenvalue weighted by Crippen LogP contribution is -2.25. The third-order valence-corrected chi connectivity index (χ3v) is 3.99. The third-order valence-electron chi connectivity index (χ3n) is 3.99. The molecule has 1 amide bonds. The number of nitrogens with one attached hydrogen (secondary N) is 1. The smallest absolute Gasteiger partial charge is 0.220 e. The highest BCUT2D eigenvalue weighted by molar-refractivity contribution is 5.75. The molecule has 0 aliphatic rings. The summed E-state index contributed by atoms with van der Waals surface area (Å²) in [5.74, 6) is -0.597. The zero-order chi connectivity index (χ0) is 23.4. The van der Waals surface area contributed by atoms with E-state index in [4.69, 9.17) is 10.6 Å². The molecule has 0 spiro atoms. The number of aliphatic hydroxyl groups is 1. The van der Waals surface area contributed by atoms with Crippen LogP contribution in [0.15, 0.2) is 48.6 Å². The van der Waals surface area contributed by atoms with Crippen molar-refractivity contribution in [3.8, 4) is 0 Å². The molecule has 154 valence electrons. The maximum Gasteiger partial charge on any atom is 0.220 e. The second kappa shape index (κ2) is 22.4. The van der Waals surface area contributed by atoms with Crippen LogP contribution in [0.4, 0.5) is 0 Å². The molecule has 0 aromatic rings. The van der Waals surface area contributed by atoms with Crippen LogP contribution < -0.4 is 5.32 Å². The standard InChI is InChI=1S/C24H41NO2/c1-2-3-4-5-6-7-8-9-10-11-12-13-14-15-16-17-18-19-20-21-24(27)25-22-23-26/h6-7,9-10,12-13,15-16,26H,2-5,8,11,14,17-23H2,1H3,(H,25,27)/b7-6-,10-9-,13-12-,16-15-/i22D2,23D2. The van der Waals surface area contributed by atoms with Crippen LogP contribution in [0.1, 0.15) is 89.5 Å². The summed E-state index contributed by atoms with van der Waals surface area (Å²) in [6, 6.07) is 0. The molecule has 3 nitrogen and oxygen atoms in total. The largest absolute Gasteiger partial charge is 0.395 e. The SMILES string of the molecule is [2H]C([2H])(O)C([2H])([2H])NC(=O)CCCCC/C=C\C/C=C\C/C=C\C/C=C\CCCCC. The molecular weight excluding hydrogens is 334 g/mol. The first-order valence-corrected chi connectivity index (χ1v) is 10.3. The predicted molar refractivity (Wildman–Crippen MR) is 118 cm³/mol. The van der Waals surface area contributed by atoms with Crippen LogP contribution in [0.5, 0.6) is 0 Å². The van der Waals surface area contributed by atoms with Crippen LogP contribution in [0.25, 0.3) is 0 Å². The number of carbonyl (C=O) groups excluding carboxylic acids is 1. The molecule has 0 fully saturated rings. The van der Waals surface area contributed by atoms with Crippen molar-refractivity contribution >= 4 is 5.91 Å². The Hall–Kier alpha value is -1.61. The minimum atomic E-state index is -3.11. The van der Waals surface area contributed by atoms with Crippen molar-refractivity contribution in [2.24, 2.45) is 0 Å². The molecule has 0 atom stereocenters. The Balaban J connectivity index is 3.63. The Kier molecular flexibility index (Phi) is 15.6. The highest BCUT2D eigenvalue weighted by atomic mass is 16.3. The summed E-state index contributed by atoms with van der Waals surface area (Å²) in [5.41, 5.74) is 0. The number of rotatable bonds is 18. The van der Waals surface area contributed by atoms with Crippen LogP contribution in [-0.4, -0.2) is 24.1 Å². The van der Waals surface area contributed by atoms with E-state index in [9.17, 15) is 4.79 Å². The molecule has 27 heavy (non-hydrogen) atoms. The van der Waals surface area contributed by atoms with E-state index < -0.39 is 19.0 Å². The van der Waals surface area contributed by atoms with Crippen LogP contribution in [-0.2, 0) is 4.79 Å². The number of unbranched alkanes of at least 4 members (excludes halogenated alkanes) is 6. The minimum absolute atomic E-state index is 0.115. The number of hydrogen-bond acceptors (Lipinski definition) is 2. The summed E-state index contributed by atoms with van der Waals surface area (Å²) in [6.45, 7) is -3.68. The molecule has 0 radical (unpaired) electrons. The van der Waals surface area contributed by atoms with Gasteiger partial charge in [0.2, 0.25) is 5.91 Å². The van der Waals surface area contributed by atoms with Crippen molar-refractivity contribution < 1.29 is 15.4 Å². The summed E-state index contributed by atoms with van der Waals surface area (Å²) in [6.07, 6.45) is 28.8. The van der Waals surface area contributed by atoms with E-state index in [1.807, 2.05) is 5.32 Å². The molecular formula is C24H41NO2. The van der Waals surface area contributed by atoms with Crippen molar-refractivity contribution in [3.05, 3.63) is 48.6 Å². The molecule has 0 saturated heterocycles. The summed E-state index contributed by atoms with van der Waals surface area (Å²) in [7, 11) is 0. The van der Waals surface area contributed by atoms with E-state index >= 15 is 0 Å². The van der Waals surface area contributed by atoms with Crippen molar-refractivity contribution in [2.75, 3.05) is 13.1 Å².